The van der Waals surface area contributed by atoms with E-state index < -0.39 is 0 Å². The molecule has 2 aromatic rings. The number of ether oxygens (including phenoxy) is 2. The smallest absolute Gasteiger partial charge is 0.319 e. The largest absolute Gasteiger partial charge is 0.454 e. The number of fused-ring (bicyclic) bond motifs is 1. The molecule has 0 fully saturated rings. The lowest BCUT2D eigenvalue weighted by Gasteiger charge is -2.30. The van der Waals surface area contributed by atoms with Crippen molar-refractivity contribution < 1.29 is 14.3 Å². The van der Waals surface area contributed by atoms with Crippen molar-refractivity contribution >= 4 is 23.3 Å². The van der Waals surface area contributed by atoms with Gasteiger partial charge in [0.1, 0.15) is 0 Å². The lowest BCUT2D eigenvalue weighted by atomic mass is 10.0. The molecular weight excluding hydrogens is 366 g/mol. The molecule has 0 aliphatic carbocycles. The van der Waals surface area contributed by atoms with Crippen molar-refractivity contribution in [2.24, 2.45) is 0 Å². The summed E-state index contributed by atoms with van der Waals surface area (Å²) < 4.78 is 10.6. The highest BCUT2D eigenvalue weighted by atomic mass is 35.5. The first kappa shape index (κ1) is 19.3. The molecule has 0 saturated carbocycles. The number of nitrogens with one attached hydrogen (secondary N) is 2. The van der Waals surface area contributed by atoms with Gasteiger partial charge in [0.15, 0.2) is 11.5 Å². The number of urea groups is 1. The van der Waals surface area contributed by atoms with Gasteiger partial charge in [0.2, 0.25) is 6.79 Å². The zero-order chi connectivity index (χ0) is 19.2. The van der Waals surface area contributed by atoms with Crippen LogP contribution in [-0.4, -0.2) is 37.4 Å². The number of hydrogen-bond acceptors (Lipinski definition) is 4. The van der Waals surface area contributed by atoms with Crippen molar-refractivity contribution in [3.05, 3.63) is 53.1 Å². The maximum atomic E-state index is 12.4. The number of carbonyl (C=O) groups excluding carboxylic acids is 1. The highest BCUT2D eigenvalue weighted by molar-refractivity contribution is 6.31. The fraction of sp³-hybridized carbons (Fsp3) is 0.350. The van der Waals surface area contributed by atoms with Gasteiger partial charge in [0, 0.05) is 23.3 Å². The first-order chi connectivity index (χ1) is 13.1. The van der Waals surface area contributed by atoms with Gasteiger partial charge in [-0.1, -0.05) is 43.6 Å². The molecular formula is C20H24ClN3O3. The van der Waals surface area contributed by atoms with Crippen molar-refractivity contribution in [1.82, 2.24) is 10.2 Å². The maximum Gasteiger partial charge on any atom is 0.319 e. The Kier molecular flexibility index (Phi) is 6.42. The molecule has 2 N–H and O–H groups in total. The zero-order valence-electron chi connectivity index (χ0n) is 15.5. The molecule has 0 bridgehead atoms. The van der Waals surface area contributed by atoms with Gasteiger partial charge >= 0.3 is 6.03 Å². The van der Waals surface area contributed by atoms with Crippen molar-refractivity contribution in [3.8, 4) is 11.5 Å². The number of hydrogen-bond donors (Lipinski definition) is 2. The van der Waals surface area contributed by atoms with Crippen LogP contribution in [-0.2, 0) is 0 Å². The Labute approximate surface area is 164 Å². The van der Waals surface area contributed by atoms with E-state index in [1.165, 1.54) is 0 Å². The van der Waals surface area contributed by atoms with E-state index in [1.54, 1.807) is 18.2 Å². The van der Waals surface area contributed by atoms with E-state index >= 15 is 0 Å². The molecule has 0 spiro atoms. The molecule has 6 nitrogen and oxygen atoms in total. The molecule has 3 rings (SSSR count). The summed E-state index contributed by atoms with van der Waals surface area (Å²) in [4.78, 5) is 14.7. The Morgan fingerprint density at radius 1 is 1.15 bits per heavy atom. The second kappa shape index (κ2) is 8.97. The topological polar surface area (TPSA) is 62.8 Å². The molecule has 1 aliphatic heterocycles. The van der Waals surface area contributed by atoms with Crippen LogP contribution in [0.3, 0.4) is 0 Å². The van der Waals surface area contributed by atoms with Crippen molar-refractivity contribution in [1.29, 1.82) is 0 Å². The summed E-state index contributed by atoms with van der Waals surface area (Å²) in [6.07, 6.45) is 0. The molecule has 0 saturated heterocycles. The normalized spacial score (nSPS) is 13.5. The molecule has 144 valence electrons. The van der Waals surface area contributed by atoms with Gasteiger partial charge in [-0.05, 0) is 36.9 Å². The second-order valence-electron chi connectivity index (χ2n) is 6.16. The third-order valence-corrected chi connectivity index (χ3v) is 4.95. The van der Waals surface area contributed by atoms with Gasteiger partial charge in [0.05, 0.1) is 6.04 Å². The van der Waals surface area contributed by atoms with Gasteiger partial charge in [-0.25, -0.2) is 4.79 Å². The van der Waals surface area contributed by atoms with Crippen LogP contribution in [0.15, 0.2) is 42.5 Å². The van der Waals surface area contributed by atoms with E-state index in [9.17, 15) is 4.79 Å². The number of halogens is 1. The van der Waals surface area contributed by atoms with Gasteiger partial charge in [-0.2, -0.15) is 0 Å². The van der Waals surface area contributed by atoms with E-state index in [-0.39, 0.29) is 18.9 Å². The predicted molar refractivity (Wildman–Crippen MR) is 107 cm³/mol. The summed E-state index contributed by atoms with van der Waals surface area (Å²) in [7, 11) is 0. The molecule has 27 heavy (non-hydrogen) atoms. The fourth-order valence-corrected chi connectivity index (χ4v) is 3.45. The summed E-state index contributed by atoms with van der Waals surface area (Å²) in [6.45, 7) is 6.56. The molecule has 1 heterocycles. The highest BCUT2D eigenvalue weighted by Gasteiger charge is 2.21. The minimum Gasteiger partial charge on any atom is -0.454 e. The Morgan fingerprint density at radius 3 is 2.63 bits per heavy atom. The van der Waals surface area contributed by atoms with Crippen LogP contribution in [0.25, 0.3) is 0 Å². The Balaban J connectivity index is 1.66. The second-order valence-corrected chi connectivity index (χ2v) is 6.57. The van der Waals surface area contributed by atoms with Crippen molar-refractivity contribution in [3.63, 3.8) is 0 Å². The number of likely N-dealkylation sites (N-methyl/N-ethyl adjacent to an activating group) is 1. The van der Waals surface area contributed by atoms with E-state index in [0.717, 1.165) is 18.7 Å². The molecule has 0 radical (unpaired) electrons. The Morgan fingerprint density at radius 2 is 1.89 bits per heavy atom. The SMILES string of the molecule is CCN(CC)[C@@H](CNC(=O)Nc1ccc2c(c1)OCO2)c1ccccc1Cl. The van der Waals surface area contributed by atoms with Gasteiger partial charge in [0.25, 0.3) is 0 Å². The number of amides is 2. The number of rotatable bonds is 7. The minimum atomic E-state index is -0.280. The lowest BCUT2D eigenvalue weighted by molar-refractivity contribution is 0.174. The van der Waals surface area contributed by atoms with E-state index in [1.807, 2.05) is 24.3 Å². The molecule has 1 aliphatic rings. The standard InChI is InChI=1S/C20H24ClN3O3/c1-3-24(4-2)17(15-7-5-6-8-16(15)21)12-22-20(25)23-14-9-10-18-19(11-14)27-13-26-18/h5-11,17H,3-4,12-13H2,1-2H3,(H2,22,23,25)/t17-/m0/s1. The summed E-state index contributed by atoms with van der Waals surface area (Å²) in [5, 5.41) is 6.48. The average molecular weight is 390 g/mol. The number of anilines is 1. The van der Waals surface area contributed by atoms with E-state index in [0.29, 0.717) is 28.8 Å². The lowest BCUT2D eigenvalue weighted by Crippen LogP contribution is -2.39. The van der Waals surface area contributed by atoms with Crippen molar-refractivity contribution in [2.75, 3.05) is 31.7 Å². The van der Waals surface area contributed by atoms with Gasteiger partial charge < -0.3 is 20.1 Å². The Bertz CT molecular complexity index is 796. The minimum absolute atomic E-state index is 0.00351. The van der Waals surface area contributed by atoms with Gasteiger partial charge in [-0.15, -0.1) is 0 Å². The predicted octanol–water partition coefficient (Wildman–Crippen LogP) is 4.27. The third kappa shape index (κ3) is 4.64. The maximum absolute atomic E-state index is 12.4. The molecule has 2 amide bonds. The van der Waals surface area contributed by atoms with Crippen LogP contribution in [0.5, 0.6) is 11.5 Å². The summed E-state index contributed by atoms with van der Waals surface area (Å²) in [5.74, 6) is 1.31. The molecule has 0 unspecified atom stereocenters. The fourth-order valence-electron chi connectivity index (χ4n) is 3.18. The molecule has 1 atom stereocenters. The van der Waals surface area contributed by atoms with E-state index in [4.69, 9.17) is 21.1 Å². The Hall–Kier alpha value is -2.44. The third-order valence-electron chi connectivity index (χ3n) is 4.60. The number of benzene rings is 2. The van der Waals surface area contributed by atoms with Crippen LogP contribution in [0, 0.1) is 0 Å². The van der Waals surface area contributed by atoms with Crippen LogP contribution < -0.4 is 20.1 Å². The van der Waals surface area contributed by atoms with Crippen molar-refractivity contribution in [2.45, 2.75) is 19.9 Å². The van der Waals surface area contributed by atoms with Gasteiger partial charge in [-0.3, -0.25) is 4.90 Å². The summed E-state index contributed by atoms with van der Waals surface area (Å²) in [6, 6.07) is 12.8. The summed E-state index contributed by atoms with van der Waals surface area (Å²) in [5.41, 5.74) is 1.65. The van der Waals surface area contributed by atoms with Crippen LogP contribution in [0.4, 0.5) is 10.5 Å². The quantitative estimate of drug-likeness (QED) is 0.742. The van der Waals surface area contributed by atoms with Crippen LogP contribution in [0.1, 0.15) is 25.5 Å². The first-order valence-electron chi connectivity index (χ1n) is 9.05. The molecule has 2 aromatic carbocycles. The first-order valence-corrected chi connectivity index (χ1v) is 9.43. The van der Waals surface area contributed by atoms with Crippen LogP contribution in [0.2, 0.25) is 5.02 Å². The van der Waals surface area contributed by atoms with E-state index in [2.05, 4.69) is 29.4 Å². The number of carbonyl (C=O) groups is 1. The zero-order valence-corrected chi connectivity index (χ0v) is 16.3. The molecule has 0 aromatic heterocycles. The monoisotopic (exact) mass is 389 g/mol. The highest BCUT2D eigenvalue weighted by Crippen LogP contribution is 2.34. The average Bonchev–Trinajstić information content (AvgIpc) is 3.14. The van der Waals surface area contributed by atoms with Crippen LogP contribution >= 0.6 is 11.6 Å². The summed E-state index contributed by atoms with van der Waals surface area (Å²) >= 11 is 6.40. The number of nitrogens with zero attached hydrogens (tertiary/aromatic N) is 1. The molecule has 7 heteroatoms.